The van der Waals surface area contributed by atoms with Gasteiger partial charge in [-0.15, -0.1) is 0 Å². The first-order valence-electron chi connectivity index (χ1n) is 13.9. The number of ether oxygens (including phenoxy) is 2. The molecule has 1 amide bonds. The average molecular weight is 556 g/mol. The van der Waals surface area contributed by atoms with E-state index in [9.17, 15) is 18.3 Å². The fourth-order valence-corrected chi connectivity index (χ4v) is 7.95. The number of aliphatic hydroxyl groups is 1. The van der Waals surface area contributed by atoms with Crippen molar-refractivity contribution in [2.75, 3.05) is 39.9 Å². The van der Waals surface area contributed by atoms with E-state index >= 15 is 0 Å². The molecule has 0 radical (unpaired) electrons. The number of fused-ring (bicyclic) bond motifs is 2. The van der Waals surface area contributed by atoms with E-state index < -0.39 is 27.7 Å². The molecule has 3 fully saturated rings. The number of hydrogen-bond acceptors (Lipinski definition) is 7. The van der Waals surface area contributed by atoms with E-state index in [2.05, 4.69) is 10.2 Å². The average Bonchev–Trinajstić information content (AvgIpc) is 3.66. The van der Waals surface area contributed by atoms with Crippen LogP contribution in [0.25, 0.3) is 11.1 Å². The minimum atomic E-state index is -4.12. The van der Waals surface area contributed by atoms with Crippen LogP contribution in [0.4, 0.5) is 0 Å². The third-order valence-corrected chi connectivity index (χ3v) is 10.6. The number of amides is 1. The second kappa shape index (κ2) is 10.4. The fraction of sp³-hybridized carbons (Fsp3) is 0.552. The Morgan fingerprint density at radius 2 is 1.87 bits per heavy atom. The summed E-state index contributed by atoms with van der Waals surface area (Å²) in [6, 6.07) is 11.6. The molecule has 4 aliphatic rings. The second-order valence-electron chi connectivity index (χ2n) is 11.5. The maximum Gasteiger partial charge on any atom is 0.247 e. The lowest BCUT2D eigenvalue weighted by molar-refractivity contribution is -0.127. The van der Waals surface area contributed by atoms with Gasteiger partial charge in [-0.1, -0.05) is 18.2 Å². The van der Waals surface area contributed by atoms with Crippen molar-refractivity contribution in [2.24, 2.45) is 5.92 Å². The molecule has 1 aliphatic carbocycles. The number of nitrogens with zero attached hydrogens (tertiary/aromatic N) is 2. The van der Waals surface area contributed by atoms with E-state index in [4.69, 9.17) is 9.47 Å². The zero-order chi connectivity index (χ0) is 27.2. The smallest absolute Gasteiger partial charge is 0.247 e. The molecule has 2 atom stereocenters. The Balaban J connectivity index is 1.35. The molecule has 3 heterocycles. The summed E-state index contributed by atoms with van der Waals surface area (Å²) in [6.07, 6.45) is 3.92. The minimum Gasteiger partial charge on any atom is -0.497 e. The summed E-state index contributed by atoms with van der Waals surface area (Å²) in [4.78, 5) is 16.1. The standard InChI is InChI=1S/C29H37N3O6S/c1-37-24-4-2-3-21(15-24)22-7-8-27-26(16-22)38-14-11-29(9-12-31(13-10-29)18-20-5-6-20)30-28(34)25-17-23(33)19-32(25)39(27,35)36/h2-4,7-8,15-16,20,23,25,33H,5-6,9-14,17-19H2,1H3,(H,30,34)/t23-,25+/m1/s1. The van der Waals surface area contributed by atoms with E-state index in [1.807, 2.05) is 24.3 Å². The van der Waals surface area contributed by atoms with E-state index in [0.29, 0.717) is 12.2 Å². The van der Waals surface area contributed by atoms with Crippen LogP contribution >= 0.6 is 0 Å². The van der Waals surface area contributed by atoms with Crippen molar-refractivity contribution in [3.63, 3.8) is 0 Å². The first-order chi connectivity index (χ1) is 18.8. The highest BCUT2D eigenvalue weighted by Crippen LogP contribution is 2.38. The molecule has 210 valence electrons. The van der Waals surface area contributed by atoms with E-state index in [0.717, 1.165) is 53.8 Å². The number of carbonyl (C=O) groups is 1. The Labute approximate surface area is 230 Å². The van der Waals surface area contributed by atoms with Gasteiger partial charge in [-0.2, -0.15) is 4.31 Å². The zero-order valence-electron chi connectivity index (χ0n) is 22.3. The molecule has 0 unspecified atom stereocenters. The molecular weight excluding hydrogens is 518 g/mol. The number of nitrogens with one attached hydrogen (secondary N) is 1. The highest BCUT2D eigenvalue weighted by atomic mass is 32.2. The van der Waals surface area contributed by atoms with Crippen molar-refractivity contribution >= 4 is 15.9 Å². The van der Waals surface area contributed by atoms with Crippen LogP contribution in [0.15, 0.2) is 47.4 Å². The van der Waals surface area contributed by atoms with Gasteiger partial charge in [0.15, 0.2) is 0 Å². The van der Waals surface area contributed by atoms with Crippen LogP contribution in [0.3, 0.4) is 0 Å². The van der Waals surface area contributed by atoms with Crippen LogP contribution in [-0.2, 0) is 14.8 Å². The molecule has 6 rings (SSSR count). The number of likely N-dealkylation sites (tertiary alicyclic amines) is 1. The third kappa shape index (κ3) is 5.39. The van der Waals surface area contributed by atoms with Crippen LogP contribution < -0.4 is 14.8 Å². The van der Waals surface area contributed by atoms with Crippen LogP contribution in [0, 0.1) is 5.92 Å². The van der Waals surface area contributed by atoms with E-state index in [-0.39, 0.29) is 36.1 Å². The quantitative estimate of drug-likeness (QED) is 0.597. The third-order valence-electron chi connectivity index (χ3n) is 8.72. The van der Waals surface area contributed by atoms with Gasteiger partial charge < -0.3 is 24.8 Å². The molecule has 2 N–H and O–H groups in total. The lowest BCUT2D eigenvalue weighted by atomic mass is 9.84. The second-order valence-corrected chi connectivity index (χ2v) is 13.3. The minimum absolute atomic E-state index is 0.0104. The topological polar surface area (TPSA) is 108 Å². The summed E-state index contributed by atoms with van der Waals surface area (Å²) < 4.78 is 40.6. The van der Waals surface area contributed by atoms with Gasteiger partial charge in [-0.05, 0) is 67.0 Å². The summed E-state index contributed by atoms with van der Waals surface area (Å²) >= 11 is 0. The summed E-state index contributed by atoms with van der Waals surface area (Å²) in [7, 11) is -2.51. The van der Waals surface area contributed by atoms with Crippen LogP contribution in [0.2, 0.25) is 0 Å². The van der Waals surface area contributed by atoms with E-state index in [1.165, 1.54) is 12.8 Å². The Morgan fingerprint density at radius 3 is 2.62 bits per heavy atom. The lowest BCUT2D eigenvalue weighted by Crippen LogP contribution is -2.59. The Hall–Kier alpha value is -2.66. The highest BCUT2D eigenvalue weighted by molar-refractivity contribution is 7.89. The first kappa shape index (κ1) is 26.6. The molecule has 2 saturated heterocycles. The van der Waals surface area contributed by atoms with Gasteiger partial charge >= 0.3 is 0 Å². The molecule has 1 spiro atoms. The lowest BCUT2D eigenvalue weighted by Gasteiger charge is -2.43. The summed E-state index contributed by atoms with van der Waals surface area (Å²) in [5.41, 5.74) is 1.20. The fourth-order valence-electron chi connectivity index (χ4n) is 6.20. The van der Waals surface area contributed by atoms with Crippen molar-refractivity contribution in [2.45, 2.75) is 61.1 Å². The van der Waals surface area contributed by atoms with Gasteiger partial charge in [-0.25, -0.2) is 8.42 Å². The molecule has 10 heteroatoms. The number of hydrogen-bond donors (Lipinski definition) is 2. The van der Waals surface area contributed by atoms with Gasteiger partial charge in [0.2, 0.25) is 15.9 Å². The van der Waals surface area contributed by atoms with Crippen molar-refractivity contribution in [3.8, 4) is 22.6 Å². The molecule has 39 heavy (non-hydrogen) atoms. The highest BCUT2D eigenvalue weighted by Gasteiger charge is 2.47. The molecule has 0 bridgehead atoms. The van der Waals surface area contributed by atoms with Crippen molar-refractivity contribution < 1.29 is 27.8 Å². The van der Waals surface area contributed by atoms with Gasteiger partial charge in [0.05, 0.1) is 19.8 Å². The molecule has 0 aromatic heterocycles. The van der Waals surface area contributed by atoms with Crippen LogP contribution in [-0.4, -0.2) is 86.2 Å². The van der Waals surface area contributed by atoms with Crippen molar-refractivity contribution in [1.82, 2.24) is 14.5 Å². The maximum atomic E-state index is 13.9. The Bertz CT molecular complexity index is 1340. The number of sulfonamides is 1. The molecule has 9 nitrogen and oxygen atoms in total. The maximum absolute atomic E-state index is 13.9. The summed E-state index contributed by atoms with van der Waals surface area (Å²) in [5.74, 6) is 1.43. The summed E-state index contributed by atoms with van der Waals surface area (Å²) in [5, 5.41) is 13.7. The van der Waals surface area contributed by atoms with Crippen LogP contribution in [0.1, 0.15) is 38.5 Å². The van der Waals surface area contributed by atoms with Gasteiger partial charge in [0.25, 0.3) is 0 Å². The van der Waals surface area contributed by atoms with Crippen LogP contribution in [0.5, 0.6) is 11.5 Å². The zero-order valence-corrected chi connectivity index (χ0v) is 23.2. The SMILES string of the molecule is COc1cccc(-c2ccc3c(c2)OCCC2(CCN(CC4CC4)CC2)NC(=O)[C@@H]2C[C@@H](O)CN2S3(=O)=O)c1. The number of methoxy groups -OCH3 is 1. The van der Waals surface area contributed by atoms with Crippen molar-refractivity contribution in [3.05, 3.63) is 42.5 Å². The number of rotatable bonds is 4. The largest absolute Gasteiger partial charge is 0.497 e. The van der Waals surface area contributed by atoms with Gasteiger partial charge in [-0.3, -0.25) is 4.79 Å². The van der Waals surface area contributed by atoms with Gasteiger partial charge in [0.1, 0.15) is 22.4 Å². The number of carbonyl (C=O) groups excluding carboxylic acids is 1. The monoisotopic (exact) mass is 555 g/mol. The molecule has 2 aromatic carbocycles. The number of aliphatic hydroxyl groups excluding tert-OH is 1. The molecule has 1 saturated carbocycles. The normalized spacial score (nSPS) is 27.1. The predicted molar refractivity (Wildman–Crippen MR) is 146 cm³/mol. The molecule has 3 aliphatic heterocycles. The van der Waals surface area contributed by atoms with Crippen molar-refractivity contribution in [1.29, 1.82) is 0 Å². The Morgan fingerprint density at radius 1 is 1.10 bits per heavy atom. The van der Waals surface area contributed by atoms with E-state index in [1.54, 1.807) is 25.3 Å². The Kier molecular flexibility index (Phi) is 7.07. The molecule has 2 aromatic rings. The predicted octanol–water partition coefficient (Wildman–Crippen LogP) is 2.63. The number of piperidine rings is 1. The molecular formula is C29H37N3O6S. The van der Waals surface area contributed by atoms with Gasteiger partial charge in [0, 0.05) is 44.6 Å². The number of benzene rings is 2. The first-order valence-corrected chi connectivity index (χ1v) is 15.4. The summed E-state index contributed by atoms with van der Waals surface area (Å²) in [6.45, 7) is 3.05.